The van der Waals surface area contributed by atoms with Gasteiger partial charge in [0.1, 0.15) is 16.6 Å². The summed E-state index contributed by atoms with van der Waals surface area (Å²) in [7, 11) is 1.38. The molecule has 19 heavy (non-hydrogen) atoms. The Morgan fingerprint density at radius 2 is 2.16 bits per heavy atom. The van der Waals surface area contributed by atoms with Crippen LogP contribution in [0.3, 0.4) is 0 Å². The lowest BCUT2D eigenvalue weighted by Crippen LogP contribution is -2.14. The Labute approximate surface area is 120 Å². The molecule has 0 aromatic carbocycles. The lowest BCUT2D eigenvalue weighted by atomic mass is 10.3. The average molecular weight is 327 g/mol. The van der Waals surface area contributed by atoms with Gasteiger partial charge in [0.2, 0.25) is 0 Å². The molecule has 0 radical (unpaired) electrons. The second-order valence-corrected chi connectivity index (χ2v) is 7.04. The van der Waals surface area contributed by atoms with Crippen LogP contribution < -0.4 is 0 Å². The zero-order valence-corrected chi connectivity index (χ0v) is 12.4. The molecule has 1 aliphatic rings. The van der Waals surface area contributed by atoms with Crippen molar-refractivity contribution in [3.63, 3.8) is 0 Å². The number of halogens is 2. The summed E-state index contributed by atoms with van der Waals surface area (Å²) < 4.78 is 29.0. The molecule has 0 spiro atoms. The molecule has 1 aromatic heterocycles. The summed E-state index contributed by atoms with van der Waals surface area (Å²) in [6.07, 6.45) is 1.68. The molecule has 0 N–H and O–H groups in total. The fourth-order valence-electron chi connectivity index (χ4n) is 1.73. The summed E-state index contributed by atoms with van der Waals surface area (Å²) in [4.78, 5) is 11.2. The van der Waals surface area contributed by atoms with E-state index in [2.05, 4.69) is 5.10 Å². The van der Waals surface area contributed by atoms with E-state index in [0.29, 0.717) is 5.69 Å². The maximum absolute atomic E-state index is 11.5. The van der Waals surface area contributed by atoms with Gasteiger partial charge in [-0.1, -0.05) is 11.6 Å². The molecule has 0 saturated heterocycles. The van der Waals surface area contributed by atoms with Crippen LogP contribution in [0, 0.1) is 0 Å². The van der Waals surface area contributed by atoms with Crippen LogP contribution in [0.1, 0.15) is 31.4 Å². The van der Waals surface area contributed by atoms with Crippen LogP contribution in [0.5, 0.6) is 0 Å². The van der Waals surface area contributed by atoms with Crippen molar-refractivity contribution >= 4 is 37.3 Å². The Bertz CT molecular complexity index is 607. The quantitative estimate of drug-likeness (QED) is 0.610. The molecule has 2 rings (SSSR count). The molecular formula is C10H12Cl2N2O4S. The number of ether oxygens (including phenoxy) is 1. The van der Waals surface area contributed by atoms with Gasteiger partial charge in [0, 0.05) is 16.6 Å². The summed E-state index contributed by atoms with van der Waals surface area (Å²) in [6.45, 7) is 1.67. The molecule has 0 amide bonds. The molecule has 6 nitrogen and oxygen atoms in total. The highest BCUT2D eigenvalue weighted by Gasteiger charge is 2.36. The smallest absolute Gasteiger partial charge is 0.327 e. The first-order valence-corrected chi connectivity index (χ1v) is 8.39. The Balaban J connectivity index is 2.38. The summed E-state index contributed by atoms with van der Waals surface area (Å²) in [6, 6.07) is 0. The number of esters is 1. The first-order valence-electron chi connectivity index (χ1n) is 5.71. The average Bonchev–Trinajstić information content (AvgIpc) is 3.04. The van der Waals surface area contributed by atoms with Crippen molar-refractivity contribution in [2.45, 2.75) is 37.1 Å². The second kappa shape index (κ2) is 5.30. The van der Waals surface area contributed by atoms with Gasteiger partial charge in [-0.15, -0.1) is 0 Å². The van der Waals surface area contributed by atoms with Crippen molar-refractivity contribution in [1.82, 2.24) is 9.78 Å². The van der Waals surface area contributed by atoms with E-state index < -0.39 is 15.0 Å². The van der Waals surface area contributed by atoms with Gasteiger partial charge >= 0.3 is 5.97 Å². The first-order chi connectivity index (χ1) is 8.84. The van der Waals surface area contributed by atoms with Crippen LogP contribution in [0.25, 0.3) is 0 Å². The number of hydrogen-bond donors (Lipinski definition) is 0. The predicted molar refractivity (Wildman–Crippen MR) is 68.9 cm³/mol. The molecule has 1 heterocycles. The van der Waals surface area contributed by atoms with Crippen LogP contribution >= 0.6 is 22.3 Å². The molecule has 0 aliphatic heterocycles. The maximum atomic E-state index is 11.5. The van der Waals surface area contributed by atoms with Crippen molar-refractivity contribution in [2.24, 2.45) is 0 Å². The van der Waals surface area contributed by atoms with Crippen molar-refractivity contribution in [3.05, 3.63) is 10.8 Å². The minimum Gasteiger partial charge on any atom is -0.465 e. The SMILES string of the molecule is CCOC(=O)Cn1nc(C2CC2)c(S(=O)(=O)Cl)c1Cl. The topological polar surface area (TPSA) is 78.3 Å². The summed E-state index contributed by atoms with van der Waals surface area (Å²) in [5.41, 5.74) is 0.337. The van der Waals surface area contributed by atoms with E-state index in [0.717, 1.165) is 17.5 Å². The Morgan fingerprint density at radius 1 is 1.53 bits per heavy atom. The van der Waals surface area contributed by atoms with Gasteiger partial charge in [-0.25, -0.2) is 13.1 Å². The molecule has 0 atom stereocenters. The van der Waals surface area contributed by atoms with Gasteiger partial charge in [-0.2, -0.15) is 5.10 Å². The second-order valence-electron chi connectivity index (χ2n) is 4.18. The molecule has 106 valence electrons. The molecule has 9 heteroatoms. The molecule has 1 aromatic rings. The van der Waals surface area contributed by atoms with Crippen LogP contribution in [0.2, 0.25) is 5.15 Å². The maximum Gasteiger partial charge on any atom is 0.327 e. The van der Waals surface area contributed by atoms with Crippen molar-refractivity contribution < 1.29 is 17.9 Å². The van der Waals surface area contributed by atoms with Gasteiger partial charge in [-0.3, -0.25) is 4.79 Å². The van der Waals surface area contributed by atoms with Gasteiger partial charge in [0.25, 0.3) is 9.05 Å². The Hall–Kier alpha value is -0.790. The van der Waals surface area contributed by atoms with Crippen LogP contribution in [0.15, 0.2) is 4.90 Å². The van der Waals surface area contributed by atoms with E-state index in [9.17, 15) is 13.2 Å². The van der Waals surface area contributed by atoms with E-state index in [1.54, 1.807) is 6.92 Å². The largest absolute Gasteiger partial charge is 0.465 e. The van der Waals surface area contributed by atoms with Gasteiger partial charge in [0.05, 0.1) is 12.3 Å². The molecule has 0 unspecified atom stereocenters. The van der Waals surface area contributed by atoms with Crippen molar-refractivity contribution in [1.29, 1.82) is 0 Å². The van der Waals surface area contributed by atoms with Crippen LogP contribution in [0.4, 0.5) is 0 Å². The standard InChI is InChI=1S/C10H12Cl2N2O4S/c1-2-18-7(15)5-14-10(11)9(19(12,16)17)8(13-14)6-3-4-6/h6H,2-5H2,1H3. The van der Waals surface area contributed by atoms with Crippen LogP contribution in [-0.2, 0) is 25.1 Å². The monoisotopic (exact) mass is 326 g/mol. The van der Waals surface area contributed by atoms with Gasteiger partial charge < -0.3 is 4.74 Å². The third-order valence-electron chi connectivity index (χ3n) is 2.67. The number of hydrogen-bond acceptors (Lipinski definition) is 5. The highest BCUT2D eigenvalue weighted by Crippen LogP contribution is 2.44. The summed E-state index contributed by atoms with van der Waals surface area (Å²) in [5.74, 6) is -0.489. The molecule has 1 saturated carbocycles. The molecule has 1 fully saturated rings. The fraction of sp³-hybridized carbons (Fsp3) is 0.600. The normalized spacial score (nSPS) is 15.5. The zero-order chi connectivity index (χ0) is 14.2. The molecule has 0 bridgehead atoms. The van der Waals surface area contributed by atoms with E-state index in [1.807, 2.05) is 0 Å². The number of rotatable bonds is 5. The number of aromatic nitrogens is 2. The third-order valence-corrected chi connectivity index (χ3v) is 4.52. The zero-order valence-electron chi connectivity index (χ0n) is 10.1. The highest BCUT2D eigenvalue weighted by atomic mass is 35.7. The number of nitrogens with zero attached hydrogens (tertiary/aromatic N) is 2. The molecular weight excluding hydrogens is 315 g/mol. The Morgan fingerprint density at radius 3 is 2.63 bits per heavy atom. The van der Waals surface area contributed by atoms with E-state index >= 15 is 0 Å². The first kappa shape index (κ1) is 14.6. The van der Waals surface area contributed by atoms with Gasteiger partial charge in [-0.05, 0) is 19.8 Å². The van der Waals surface area contributed by atoms with Crippen molar-refractivity contribution in [2.75, 3.05) is 6.61 Å². The fourth-order valence-corrected chi connectivity index (χ4v) is 3.56. The lowest BCUT2D eigenvalue weighted by molar-refractivity contribution is -0.144. The van der Waals surface area contributed by atoms with Gasteiger partial charge in [0.15, 0.2) is 0 Å². The number of carbonyl (C=O) groups excluding carboxylic acids is 1. The Kier molecular flexibility index (Phi) is 4.08. The summed E-state index contributed by atoms with van der Waals surface area (Å²) in [5, 5.41) is 3.93. The molecule has 1 aliphatic carbocycles. The third kappa shape index (κ3) is 3.21. The summed E-state index contributed by atoms with van der Waals surface area (Å²) >= 11 is 5.96. The highest BCUT2D eigenvalue weighted by molar-refractivity contribution is 8.13. The van der Waals surface area contributed by atoms with E-state index in [-0.39, 0.29) is 29.1 Å². The minimum atomic E-state index is -3.99. The van der Waals surface area contributed by atoms with Crippen LogP contribution in [-0.4, -0.2) is 30.8 Å². The van der Waals surface area contributed by atoms with Crippen molar-refractivity contribution in [3.8, 4) is 0 Å². The lowest BCUT2D eigenvalue weighted by Gasteiger charge is -2.02. The van der Waals surface area contributed by atoms with E-state index in [4.69, 9.17) is 27.0 Å². The minimum absolute atomic E-state index is 0.0458. The van der Waals surface area contributed by atoms with E-state index in [1.165, 1.54) is 0 Å². The predicted octanol–water partition coefficient (Wildman–Crippen LogP) is 1.90. The number of carbonyl (C=O) groups is 1.